The Hall–Kier alpha value is -1.18. The lowest BCUT2D eigenvalue weighted by atomic mass is 10.1. The van der Waals surface area contributed by atoms with Crippen molar-refractivity contribution >= 4 is 22.4 Å². The molecule has 0 spiro atoms. The maximum absolute atomic E-state index is 11.7. The summed E-state index contributed by atoms with van der Waals surface area (Å²) in [6.45, 7) is 5.55. The highest BCUT2D eigenvalue weighted by Gasteiger charge is 2.27. The van der Waals surface area contributed by atoms with Crippen LogP contribution in [0.5, 0.6) is 0 Å². The summed E-state index contributed by atoms with van der Waals surface area (Å²) in [5.74, 6) is 5.12. The van der Waals surface area contributed by atoms with E-state index in [2.05, 4.69) is 20.2 Å². The molecule has 1 amide bonds. The number of amides is 1. The molecule has 1 fully saturated rings. The van der Waals surface area contributed by atoms with Crippen molar-refractivity contribution in [2.24, 2.45) is 5.84 Å². The Morgan fingerprint density at radius 1 is 1.56 bits per heavy atom. The zero-order valence-corrected chi connectivity index (χ0v) is 11.3. The Bertz CT molecular complexity index is 375. The van der Waals surface area contributed by atoms with E-state index in [1.165, 1.54) is 0 Å². The lowest BCUT2D eigenvalue weighted by molar-refractivity contribution is -0.126. The smallest absolute Gasteiger partial charge is 0.251 e. The minimum Gasteiger partial charge on any atom is -0.346 e. The first-order valence-electron chi connectivity index (χ1n) is 6.15. The summed E-state index contributed by atoms with van der Waals surface area (Å²) in [5.41, 5.74) is 2.25. The van der Waals surface area contributed by atoms with Gasteiger partial charge in [-0.05, 0) is 6.42 Å². The second-order valence-corrected chi connectivity index (χ2v) is 5.14. The molecule has 1 saturated heterocycles. The first-order valence-corrected chi connectivity index (χ1v) is 7.03. The third kappa shape index (κ3) is 2.80. The third-order valence-corrected chi connectivity index (χ3v) is 4.11. The van der Waals surface area contributed by atoms with Gasteiger partial charge in [-0.3, -0.25) is 15.1 Å². The van der Waals surface area contributed by atoms with Crippen molar-refractivity contribution < 1.29 is 4.79 Å². The first-order chi connectivity index (χ1) is 8.76. The van der Waals surface area contributed by atoms with Gasteiger partial charge >= 0.3 is 0 Å². The largest absolute Gasteiger partial charge is 0.346 e. The number of hydrogen-bond acceptors (Lipinski definition) is 6. The fraction of sp³-hybridized carbons (Fsp3) is 0.636. The molecule has 0 aliphatic carbocycles. The van der Waals surface area contributed by atoms with E-state index in [1.807, 2.05) is 18.5 Å². The molecular formula is C11H19N5OS. The molecular weight excluding hydrogens is 250 g/mol. The molecule has 1 unspecified atom stereocenters. The van der Waals surface area contributed by atoms with E-state index in [-0.39, 0.29) is 11.9 Å². The van der Waals surface area contributed by atoms with E-state index in [1.54, 1.807) is 11.3 Å². The SMILES string of the molecule is CCC(C(=O)NN)N1CCN(c2nccs2)CC1. The molecule has 1 aromatic heterocycles. The number of nitrogens with one attached hydrogen (secondary N) is 1. The van der Waals surface area contributed by atoms with Crippen molar-refractivity contribution in [2.45, 2.75) is 19.4 Å². The molecule has 3 N–H and O–H groups in total. The summed E-state index contributed by atoms with van der Waals surface area (Å²) in [6, 6.07) is -0.117. The minimum atomic E-state index is -0.117. The summed E-state index contributed by atoms with van der Waals surface area (Å²) in [5, 5.41) is 3.05. The van der Waals surface area contributed by atoms with Crippen LogP contribution in [-0.2, 0) is 4.79 Å². The van der Waals surface area contributed by atoms with Crippen molar-refractivity contribution in [2.75, 3.05) is 31.1 Å². The Labute approximate surface area is 111 Å². The predicted octanol–water partition coefficient (Wildman–Crippen LogP) is 0.0336. The van der Waals surface area contributed by atoms with Gasteiger partial charge in [-0.2, -0.15) is 0 Å². The van der Waals surface area contributed by atoms with Crippen molar-refractivity contribution in [1.82, 2.24) is 15.3 Å². The fourth-order valence-corrected chi connectivity index (χ4v) is 3.00. The summed E-state index contributed by atoms with van der Waals surface area (Å²) in [7, 11) is 0. The summed E-state index contributed by atoms with van der Waals surface area (Å²) >= 11 is 1.65. The molecule has 2 rings (SSSR count). The molecule has 0 bridgehead atoms. The zero-order valence-electron chi connectivity index (χ0n) is 10.5. The number of nitrogens with zero attached hydrogens (tertiary/aromatic N) is 3. The Balaban J connectivity index is 1.91. The van der Waals surface area contributed by atoms with E-state index >= 15 is 0 Å². The Kier molecular flexibility index (Phi) is 4.51. The fourth-order valence-electron chi connectivity index (χ4n) is 2.30. The number of aromatic nitrogens is 1. The van der Waals surface area contributed by atoms with E-state index in [0.717, 1.165) is 37.7 Å². The number of nitrogens with two attached hydrogens (primary N) is 1. The lowest BCUT2D eigenvalue weighted by Gasteiger charge is -2.38. The van der Waals surface area contributed by atoms with Gasteiger partial charge in [0.15, 0.2) is 5.13 Å². The van der Waals surface area contributed by atoms with E-state index < -0.39 is 0 Å². The summed E-state index contributed by atoms with van der Waals surface area (Å²) in [4.78, 5) is 20.4. The van der Waals surface area contributed by atoms with Gasteiger partial charge in [-0.25, -0.2) is 10.8 Å². The van der Waals surface area contributed by atoms with Gasteiger partial charge in [0.1, 0.15) is 0 Å². The topological polar surface area (TPSA) is 74.5 Å². The molecule has 1 aliphatic rings. The van der Waals surface area contributed by atoms with Crippen LogP contribution in [-0.4, -0.2) is 48.0 Å². The van der Waals surface area contributed by atoms with Crippen LogP contribution in [0.1, 0.15) is 13.3 Å². The van der Waals surface area contributed by atoms with Crippen LogP contribution in [0.2, 0.25) is 0 Å². The second kappa shape index (κ2) is 6.12. The van der Waals surface area contributed by atoms with Gasteiger partial charge < -0.3 is 4.90 Å². The minimum absolute atomic E-state index is 0.0970. The number of hydrogen-bond donors (Lipinski definition) is 2. The van der Waals surface area contributed by atoms with Gasteiger partial charge in [0.05, 0.1) is 6.04 Å². The standard InChI is InChI=1S/C11H19N5OS/c1-2-9(10(17)14-12)15-4-6-16(7-5-15)11-13-3-8-18-11/h3,8-9H,2,4-7,12H2,1H3,(H,14,17). The third-order valence-electron chi connectivity index (χ3n) is 3.28. The summed E-state index contributed by atoms with van der Waals surface area (Å²) < 4.78 is 0. The average Bonchev–Trinajstić information content (AvgIpc) is 2.94. The number of thiazole rings is 1. The molecule has 7 heteroatoms. The number of rotatable bonds is 4. The van der Waals surface area contributed by atoms with E-state index in [0.29, 0.717) is 0 Å². The van der Waals surface area contributed by atoms with Crippen molar-refractivity contribution in [3.63, 3.8) is 0 Å². The van der Waals surface area contributed by atoms with Crippen LogP contribution in [0.3, 0.4) is 0 Å². The van der Waals surface area contributed by atoms with Crippen LogP contribution >= 0.6 is 11.3 Å². The number of anilines is 1. The van der Waals surface area contributed by atoms with E-state index in [4.69, 9.17) is 5.84 Å². The van der Waals surface area contributed by atoms with Gasteiger partial charge in [0, 0.05) is 37.8 Å². The van der Waals surface area contributed by atoms with Crippen LogP contribution < -0.4 is 16.2 Å². The number of carbonyl (C=O) groups is 1. The number of carbonyl (C=O) groups excluding carboxylic acids is 1. The molecule has 0 saturated carbocycles. The maximum Gasteiger partial charge on any atom is 0.251 e. The molecule has 100 valence electrons. The van der Waals surface area contributed by atoms with Crippen LogP contribution in [0.15, 0.2) is 11.6 Å². The molecule has 2 heterocycles. The Morgan fingerprint density at radius 2 is 2.28 bits per heavy atom. The quantitative estimate of drug-likeness (QED) is 0.458. The van der Waals surface area contributed by atoms with Crippen LogP contribution in [0, 0.1) is 0 Å². The lowest BCUT2D eigenvalue weighted by Crippen LogP contribution is -2.55. The molecule has 1 atom stereocenters. The van der Waals surface area contributed by atoms with Gasteiger partial charge in [0.25, 0.3) is 5.91 Å². The highest BCUT2D eigenvalue weighted by Crippen LogP contribution is 2.20. The predicted molar refractivity (Wildman–Crippen MR) is 72.3 cm³/mol. The highest BCUT2D eigenvalue weighted by atomic mass is 32.1. The monoisotopic (exact) mass is 269 g/mol. The zero-order chi connectivity index (χ0) is 13.0. The van der Waals surface area contributed by atoms with Crippen LogP contribution in [0.4, 0.5) is 5.13 Å². The average molecular weight is 269 g/mol. The van der Waals surface area contributed by atoms with Crippen molar-refractivity contribution in [3.8, 4) is 0 Å². The maximum atomic E-state index is 11.7. The van der Waals surface area contributed by atoms with Crippen LogP contribution in [0.25, 0.3) is 0 Å². The van der Waals surface area contributed by atoms with Gasteiger partial charge in [-0.15, -0.1) is 11.3 Å². The molecule has 0 aromatic carbocycles. The number of piperazine rings is 1. The Morgan fingerprint density at radius 3 is 2.78 bits per heavy atom. The molecule has 18 heavy (non-hydrogen) atoms. The normalized spacial score (nSPS) is 18.7. The summed E-state index contributed by atoms with van der Waals surface area (Å²) in [6.07, 6.45) is 2.60. The highest BCUT2D eigenvalue weighted by molar-refractivity contribution is 7.13. The van der Waals surface area contributed by atoms with Gasteiger partial charge in [0.2, 0.25) is 0 Å². The van der Waals surface area contributed by atoms with Crippen molar-refractivity contribution in [1.29, 1.82) is 0 Å². The van der Waals surface area contributed by atoms with E-state index in [9.17, 15) is 4.79 Å². The molecule has 1 aromatic rings. The second-order valence-electron chi connectivity index (χ2n) is 4.27. The molecule has 0 radical (unpaired) electrons. The number of hydrazine groups is 1. The molecule has 6 nitrogen and oxygen atoms in total. The van der Waals surface area contributed by atoms with Crippen molar-refractivity contribution in [3.05, 3.63) is 11.6 Å². The van der Waals surface area contributed by atoms with Gasteiger partial charge in [-0.1, -0.05) is 6.92 Å². The molecule has 1 aliphatic heterocycles. The first kappa shape index (κ1) is 13.3.